The highest BCUT2D eigenvalue weighted by Crippen LogP contribution is 2.25. The van der Waals surface area contributed by atoms with Gasteiger partial charge in [0.25, 0.3) is 5.91 Å². The summed E-state index contributed by atoms with van der Waals surface area (Å²) in [6, 6.07) is 9.67. The molecule has 1 saturated heterocycles. The Morgan fingerprint density at radius 3 is 2.35 bits per heavy atom. The molecule has 138 valence electrons. The number of rotatable bonds is 4. The van der Waals surface area contributed by atoms with Crippen LogP contribution in [0.5, 0.6) is 5.88 Å². The molecule has 0 saturated carbocycles. The first kappa shape index (κ1) is 18.4. The highest BCUT2D eigenvalue weighted by atomic mass is 79.9. The van der Waals surface area contributed by atoms with Gasteiger partial charge < -0.3 is 14.5 Å². The molecule has 1 aromatic carbocycles. The monoisotopic (exact) mass is 420 g/mol. The predicted octanol–water partition coefficient (Wildman–Crippen LogP) is 2.09. The molecule has 0 spiro atoms. The van der Waals surface area contributed by atoms with Gasteiger partial charge in [-0.15, -0.1) is 5.10 Å². The van der Waals surface area contributed by atoms with E-state index in [0.717, 1.165) is 5.69 Å². The van der Waals surface area contributed by atoms with Crippen molar-refractivity contribution in [1.29, 1.82) is 0 Å². The van der Waals surface area contributed by atoms with Crippen molar-refractivity contribution in [3.63, 3.8) is 0 Å². The second-order valence-corrected chi connectivity index (χ2v) is 7.01. The van der Waals surface area contributed by atoms with Crippen LogP contribution in [0.25, 0.3) is 5.69 Å². The number of para-hydroxylation sites is 1. The van der Waals surface area contributed by atoms with Gasteiger partial charge in [-0.25, -0.2) is 4.68 Å². The van der Waals surface area contributed by atoms with E-state index in [1.807, 2.05) is 30.3 Å². The minimum atomic E-state index is -0.658. The van der Waals surface area contributed by atoms with Gasteiger partial charge in [-0.2, -0.15) is 0 Å². The zero-order valence-electron chi connectivity index (χ0n) is 14.8. The molecule has 0 radical (unpaired) electrons. The van der Waals surface area contributed by atoms with Crippen molar-refractivity contribution >= 4 is 27.7 Å². The number of carbonyl (C=O) groups excluding carboxylic acids is 2. The molecule has 1 unspecified atom stereocenters. The normalized spacial score (nSPS) is 15.7. The molecule has 1 aliphatic rings. The van der Waals surface area contributed by atoms with Crippen molar-refractivity contribution in [2.75, 3.05) is 26.2 Å². The van der Waals surface area contributed by atoms with Crippen molar-refractivity contribution in [1.82, 2.24) is 19.6 Å². The summed E-state index contributed by atoms with van der Waals surface area (Å²) in [6.45, 7) is 5.41. The maximum absolute atomic E-state index is 12.6. The molecule has 0 N–H and O–H groups in total. The quantitative estimate of drug-likeness (QED) is 0.759. The lowest BCUT2D eigenvalue weighted by Crippen LogP contribution is -2.52. The van der Waals surface area contributed by atoms with Gasteiger partial charge >= 0.3 is 0 Å². The van der Waals surface area contributed by atoms with Crippen LogP contribution in [0.3, 0.4) is 0 Å². The SMILES string of the molecule is CC(=O)N1CCN(C(=O)C(C)Oc2nn(-c3ccccc3)cc2Br)CC1. The minimum absolute atomic E-state index is 0.0387. The van der Waals surface area contributed by atoms with Crippen molar-refractivity contribution in [2.24, 2.45) is 0 Å². The number of piperazine rings is 1. The molecule has 2 aromatic rings. The number of ether oxygens (including phenoxy) is 1. The van der Waals surface area contributed by atoms with Gasteiger partial charge in [0.1, 0.15) is 0 Å². The first-order valence-electron chi connectivity index (χ1n) is 8.47. The van der Waals surface area contributed by atoms with Crippen LogP contribution in [0.15, 0.2) is 41.0 Å². The Hall–Kier alpha value is -2.35. The number of benzene rings is 1. The summed E-state index contributed by atoms with van der Waals surface area (Å²) in [5.74, 6) is 0.309. The smallest absolute Gasteiger partial charge is 0.263 e. The van der Waals surface area contributed by atoms with E-state index < -0.39 is 6.10 Å². The van der Waals surface area contributed by atoms with E-state index in [1.54, 1.807) is 34.5 Å². The zero-order chi connectivity index (χ0) is 18.7. The first-order chi connectivity index (χ1) is 12.5. The summed E-state index contributed by atoms with van der Waals surface area (Å²) in [5, 5.41) is 4.41. The van der Waals surface area contributed by atoms with Crippen molar-refractivity contribution in [3.8, 4) is 11.6 Å². The molecule has 3 rings (SSSR count). The average Bonchev–Trinajstić information content (AvgIpc) is 3.02. The van der Waals surface area contributed by atoms with Crippen LogP contribution < -0.4 is 4.74 Å². The van der Waals surface area contributed by atoms with Crippen LogP contribution in [-0.2, 0) is 9.59 Å². The zero-order valence-corrected chi connectivity index (χ0v) is 16.3. The summed E-state index contributed by atoms with van der Waals surface area (Å²) in [5.41, 5.74) is 0.905. The maximum Gasteiger partial charge on any atom is 0.263 e. The molecular formula is C18H21BrN4O3. The lowest BCUT2D eigenvalue weighted by molar-refractivity contribution is -0.143. The molecule has 1 aliphatic heterocycles. The molecule has 1 atom stereocenters. The Bertz CT molecular complexity index is 785. The number of amides is 2. The first-order valence-corrected chi connectivity index (χ1v) is 9.26. The van der Waals surface area contributed by atoms with Crippen molar-refractivity contribution < 1.29 is 14.3 Å². The summed E-state index contributed by atoms with van der Waals surface area (Å²) in [4.78, 5) is 27.5. The molecular weight excluding hydrogens is 400 g/mol. The van der Waals surface area contributed by atoms with Gasteiger partial charge in [0.15, 0.2) is 6.10 Å². The van der Waals surface area contributed by atoms with Crippen LogP contribution in [0.4, 0.5) is 0 Å². The number of carbonyl (C=O) groups is 2. The largest absolute Gasteiger partial charge is 0.463 e. The molecule has 26 heavy (non-hydrogen) atoms. The summed E-state index contributed by atoms with van der Waals surface area (Å²) in [7, 11) is 0. The van der Waals surface area contributed by atoms with Gasteiger partial charge in [-0.1, -0.05) is 18.2 Å². The number of aromatic nitrogens is 2. The average molecular weight is 421 g/mol. The van der Waals surface area contributed by atoms with Gasteiger partial charge in [0.2, 0.25) is 11.8 Å². The predicted molar refractivity (Wildman–Crippen MR) is 100 cm³/mol. The topological polar surface area (TPSA) is 67.7 Å². The third kappa shape index (κ3) is 4.07. The molecule has 1 aromatic heterocycles. The lowest BCUT2D eigenvalue weighted by atomic mass is 10.2. The van der Waals surface area contributed by atoms with Gasteiger partial charge in [-0.05, 0) is 35.0 Å². The second-order valence-electron chi connectivity index (χ2n) is 6.15. The molecule has 8 heteroatoms. The number of nitrogens with zero attached hydrogens (tertiary/aromatic N) is 4. The molecule has 0 aliphatic carbocycles. The van der Waals surface area contributed by atoms with Crippen LogP contribution >= 0.6 is 15.9 Å². The summed E-state index contributed by atoms with van der Waals surface area (Å²) >= 11 is 3.43. The van der Waals surface area contributed by atoms with Crippen LogP contribution in [-0.4, -0.2) is 63.7 Å². The Morgan fingerprint density at radius 2 is 1.73 bits per heavy atom. The highest BCUT2D eigenvalue weighted by molar-refractivity contribution is 9.10. The van der Waals surface area contributed by atoms with E-state index in [1.165, 1.54) is 0 Å². The lowest BCUT2D eigenvalue weighted by Gasteiger charge is -2.35. The second kappa shape index (κ2) is 7.90. The molecule has 2 heterocycles. The molecule has 0 bridgehead atoms. The number of halogens is 1. The highest BCUT2D eigenvalue weighted by Gasteiger charge is 2.27. The molecule has 1 fully saturated rings. The van der Waals surface area contributed by atoms with Gasteiger partial charge in [-0.3, -0.25) is 9.59 Å². The van der Waals surface area contributed by atoms with E-state index in [-0.39, 0.29) is 11.8 Å². The Balaban J connectivity index is 1.63. The van der Waals surface area contributed by atoms with Crippen molar-refractivity contribution in [3.05, 3.63) is 41.0 Å². The minimum Gasteiger partial charge on any atom is -0.463 e. The van der Waals surface area contributed by atoms with E-state index >= 15 is 0 Å². The van der Waals surface area contributed by atoms with E-state index in [4.69, 9.17) is 4.74 Å². The fraction of sp³-hybridized carbons (Fsp3) is 0.389. The summed E-state index contributed by atoms with van der Waals surface area (Å²) < 4.78 is 8.17. The molecule has 7 nitrogen and oxygen atoms in total. The maximum atomic E-state index is 12.6. The van der Waals surface area contributed by atoms with E-state index in [2.05, 4.69) is 21.0 Å². The van der Waals surface area contributed by atoms with Crippen molar-refractivity contribution in [2.45, 2.75) is 20.0 Å². The number of hydrogen-bond acceptors (Lipinski definition) is 4. The Labute approximate surface area is 160 Å². The number of hydrogen-bond donors (Lipinski definition) is 0. The van der Waals surface area contributed by atoms with Crippen LogP contribution in [0.2, 0.25) is 0 Å². The summed E-state index contributed by atoms with van der Waals surface area (Å²) in [6.07, 6.45) is 1.14. The fourth-order valence-electron chi connectivity index (χ4n) is 2.85. The van der Waals surface area contributed by atoms with E-state index in [9.17, 15) is 9.59 Å². The third-order valence-corrected chi connectivity index (χ3v) is 4.88. The van der Waals surface area contributed by atoms with Crippen LogP contribution in [0, 0.1) is 0 Å². The van der Waals surface area contributed by atoms with Gasteiger partial charge in [0.05, 0.1) is 10.2 Å². The van der Waals surface area contributed by atoms with E-state index in [0.29, 0.717) is 36.5 Å². The van der Waals surface area contributed by atoms with Gasteiger partial charge in [0, 0.05) is 39.3 Å². The Morgan fingerprint density at radius 1 is 1.12 bits per heavy atom. The Kier molecular flexibility index (Phi) is 5.61. The standard InChI is InChI=1S/C18H21BrN4O3/c1-13(18(25)22-10-8-21(9-11-22)14(2)24)26-17-16(19)12-23(20-17)15-6-4-3-5-7-15/h3-7,12-13H,8-11H2,1-2H3. The fourth-order valence-corrected chi connectivity index (χ4v) is 3.21. The molecule has 2 amide bonds. The van der Waals surface area contributed by atoms with Crippen LogP contribution in [0.1, 0.15) is 13.8 Å². The third-order valence-electron chi connectivity index (χ3n) is 4.33.